The average molecular weight is 455 g/mol. The van der Waals surface area contributed by atoms with Crippen molar-refractivity contribution in [3.8, 4) is 0 Å². The fraction of sp³-hybridized carbons (Fsp3) is 0.222. The smallest absolute Gasteiger partial charge is 0.257 e. The van der Waals surface area contributed by atoms with Crippen molar-refractivity contribution in [2.45, 2.75) is 0 Å². The molecule has 26 heavy (non-hydrogen) atoms. The second-order valence-electron chi connectivity index (χ2n) is 5.68. The Morgan fingerprint density at radius 3 is 2.69 bits per heavy atom. The number of morpholine rings is 1. The van der Waals surface area contributed by atoms with Gasteiger partial charge in [0.1, 0.15) is 0 Å². The van der Waals surface area contributed by atoms with Gasteiger partial charge >= 0.3 is 0 Å². The van der Waals surface area contributed by atoms with E-state index < -0.39 is 0 Å². The Kier molecular flexibility index (Phi) is 6.48. The first-order valence-electron chi connectivity index (χ1n) is 8.03. The highest BCUT2D eigenvalue weighted by molar-refractivity contribution is 9.10. The van der Waals surface area contributed by atoms with Gasteiger partial charge in [0.05, 0.1) is 24.6 Å². The summed E-state index contributed by atoms with van der Waals surface area (Å²) in [5.41, 5.74) is 2.23. The molecule has 2 aromatic rings. The van der Waals surface area contributed by atoms with Gasteiger partial charge in [0, 0.05) is 28.1 Å². The zero-order valence-electron chi connectivity index (χ0n) is 13.8. The van der Waals surface area contributed by atoms with Gasteiger partial charge in [0.2, 0.25) is 0 Å². The number of nitrogens with one attached hydrogen (secondary N) is 2. The van der Waals surface area contributed by atoms with Gasteiger partial charge < -0.3 is 15.0 Å². The number of thiocarbonyl (C=S) groups is 1. The third kappa shape index (κ3) is 4.94. The first-order chi connectivity index (χ1) is 12.5. The monoisotopic (exact) mass is 453 g/mol. The molecule has 8 heteroatoms. The molecule has 0 spiro atoms. The summed E-state index contributed by atoms with van der Waals surface area (Å²) in [6.07, 6.45) is 0. The lowest BCUT2D eigenvalue weighted by Crippen LogP contribution is -2.38. The lowest BCUT2D eigenvalue weighted by molar-refractivity contribution is 0.0977. The molecule has 3 rings (SSSR count). The van der Waals surface area contributed by atoms with Crippen molar-refractivity contribution in [3.05, 3.63) is 57.5 Å². The van der Waals surface area contributed by atoms with Crippen LogP contribution in [-0.4, -0.2) is 37.3 Å². The van der Waals surface area contributed by atoms with E-state index in [0.717, 1.165) is 28.9 Å². The summed E-state index contributed by atoms with van der Waals surface area (Å²) in [6, 6.07) is 12.7. The molecule has 0 saturated carbocycles. The fourth-order valence-electron chi connectivity index (χ4n) is 2.65. The number of anilines is 2. The zero-order chi connectivity index (χ0) is 18.5. The molecule has 2 N–H and O–H groups in total. The van der Waals surface area contributed by atoms with E-state index in [9.17, 15) is 4.79 Å². The minimum atomic E-state index is -0.279. The Morgan fingerprint density at radius 2 is 1.96 bits per heavy atom. The average Bonchev–Trinajstić information content (AvgIpc) is 2.62. The normalized spacial score (nSPS) is 14.0. The summed E-state index contributed by atoms with van der Waals surface area (Å²) in [5.74, 6) is -0.279. The van der Waals surface area contributed by atoms with Crippen LogP contribution in [0.4, 0.5) is 11.4 Å². The van der Waals surface area contributed by atoms with Crippen LogP contribution in [0.5, 0.6) is 0 Å². The standard InChI is InChI=1S/C18H17BrClN3O2S/c19-13-3-1-2-12(10-13)17(24)22-18(26)21-15-11-14(20)4-5-16(15)23-6-8-25-9-7-23/h1-5,10-11H,6-9H2,(H2,21,22,24,26). The number of hydrogen-bond acceptors (Lipinski definition) is 4. The van der Waals surface area contributed by atoms with Crippen molar-refractivity contribution < 1.29 is 9.53 Å². The van der Waals surface area contributed by atoms with Crippen LogP contribution in [0.15, 0.2) is 46.9 Å². The maximum Gasteiger partial charge on any atom is 0.257 e. The van der Waals surface area contributed by atoms with Crippen LogP contribution < -0.4 is 15.5 Å². The molecule has 1 aliphatic rings. The first-order valence-corrected chi connectivity index (χ1v) is 9.61. The molecule has 1 aliphatic heterocycles. The lowest BCUT2D eigenvalue weighted by Gasteiger charge is -2.30. The fourth-order valence-corrected chi connectivity index (χ4v) is 3.42. The van der Waals surface area contributed by atoms with Gasteiger partial charge in [-0.05, 0) is 48.6 Å². The second-order valence-corrected chi connectivity index (χ2v) is 7.44. The van der Waals surface area contributed by atoms with E-state index in [2.05, 4.69) is 31.5 Å². The Hall–Kier alpha value is -1.67. The summed E-state index contributed by atoms with van der Waals surface area (Å²) >= 11 is 14.8. The highest BCUT2D eigenvalue weighted by Crippen LogP contribution is 2.29. The molecular weight excluding hydrogens is 438 g/mol. The van der Waals surface area contributed by atoms with E-state index in [1.165, 1.54) is 0 Å². The van der Waals surface area contributed by atoms with E-state index in [1.54, 1.807) is 24.3 Å². The summed E-state index contributed by atoms with van der Waals surface area (Å²) < 4.78 is 6.23. The van der Waals surface area contributed by atoms with E-state index >= 15 is 0 Å². The molecule has 0 bridgehead atoms. The van der Waals surface area contributed by atoms with Crippen LogP contribution >= 0.6 is 39.7 Å². The van der Waals surface area contributed by atoms with Gasteiger partial charge in [-0.3, -0.25) is 10.1 Å². The molecule has 0 aliphatic carbocycles. The largest absolute Gasteiger partial charge is 0.378 e. The van der Waals surface area contributed by atoms with Gasteiger partial charge in [-0.2, -0.15) is 0 Å². The predicted molar refractivity (Wildman–Crippen MR) is 112 cm³/mol. The molecule has 0 atom stereocenters. The molecule has 1 amide bonds. The molecule has 136 valence electrons. The minimum absolute atomic E-state index is 0.215. The van der Waals surface area contributed by atoms with Gasteiger partial charge in [-0.15, -0.1) is 0 Å². The maximum atomic E-state index is 12.3. The highest BCUT2D eigenvalue weighted by atomic mass is 79.9. The van der Waals surface area contributed by atoms with Crippen molar-refractivity contribution >= 4 is 62.1 Å². The lowest BCUT2D eigenvalue weighted by atomic mass is 10.2. The van der Waals surface area contributed by atoms with Gasteiger partial charge in [0.15, 0.2) is 5.11 Å². The Morgan fingerprint density at radius 1 is 1.19 bits per heavy atom. The Balaban J connectivity index is 1.72. The van der Waals surface area contributed by atoms with Crippen LogP contribution in [0, 0.1) is 0 Å². The number of hydrogen-bond donors (Lipinski definition) is 2. The number of nitrogens with zero attached hydrogens (tertiary/aromatic N) is 1. The number of ether oxygens (including phenoxy) is 1. The molecule has 1 fully saturated rings. The van der Waals surface area contributed by atoms with Crippen LogP contribution in [-0.2, 0) is 4.74 Å². The molecule has 0 aromatic heterocycles. The molecule has 5 nitrogen and oxygen atoms in total. The quantitative estimate of drug-likeness (QED) is 0.685. The number of amides is 1. The number of halogens is 2. The summed E-state index contributed by atoms with van der Waals surface area (Å²) in [7, 11) is 0. The summed E-state index contributed by atoms with van der Waals surface area (Å²) in [5, 5.41) is 6.58. The van der Waals surface area contributed by atoms with Crippen LogP contribution in [0.1, 0.15) is 10.4 Å². The Bertz CT molecular complexity index is 828. The van der Waals surface area contributed by atoms with Crippen LogP contribution in [0.2, 0.25) is 5.02 Å². The maximum absolute atomic E-state index is 12.3. The second kappa shape index (κ2) is 8.81. The van der Waals surface area contributed by atoms with E-state index in [0.29, 0.717) is 23.8 Å². The van der Waals surface area contributed by atoms with Crippen molar-refractivity contribution in [2.24, 2.45) is 0 Å². The molecule has 0 unspecified atom stereocenters. The zero-order valence-corrected chi connectivity index (χ0v) is 17.0. The van der Waals surface area contributed by atoms with Crippen molar-refractivity contribution in [1.82, 2.24) is 5.32 Å². The van der Waals surface area contributed by atoms with E-state index in [-0.39, 0.29) is 11.0 Å². The van der Waals surface area contributed by atoms with Crippen LogP contribution in [0.25, 0.3) is 0 Å². The molecule has 1 heterocycles. The highest BCUT2D eigenvalue weighted by Gasteiger charge is 2.16. The van der Waals surface area contributed by atoms with Crippen molar-refractivity contribution in [3.63, 3.8) is 0 Å². The SMILES string of the molecule is O=C(NC(=S)Nc1cc(Cl)ccc1N1CCOCC1)c1cccc(Br)c1. The van der Waals surface area contributed by atoms with E-state index in [4.69, 9.17) is 28.6 Å². The number of benzene rings is 2. The van der Waals surface area contributed by atoms with Crippen molar-refractivity contribution in [1.29, 1.82) is 0 Å². The number of rotatable bonds is 3. The third-order valence-electron chi connectivity index (χ3n) is 3.87. The van der Waals surface area contributed by atoms with Crippen LogP contribution in [0.3, 0.4) is 0 Å². The number of carbonyl (C=O) groups is 1. The molecule has 0 radical (unpaired) electrons. The van der Waals surface area contributed by atoms with E-state index in [1.807, 2.05) is 18.2 Å². The first kappa shape index (κ1) is 19.1. The third-order valence-corrected chi connectivity index (χ3v) is 4.80. The van der Waals surface area contributed by atoms with Gasteiger partial charge in [0.25, 0.3) is 5.91 Å². The Labute approximate surface area is 170 Å². The summed E-state index contributed by atoms with van der Waals surface area (Å²) in [6.45, 7) is 2.92. The van der Waals surface area contributed by atoms with Gasteiger partial charge in [-0.1, -0.05) is 33.6 Å². The minimum Gasteiger partial charge on any atom is -0.378 e. The molecule has 2 aromatic carbocycles. The number of carbonyl (C=O) groups excluding carboxylic acids is 1. The predicted octanol–water partition coefficient (Wildman–Crippen LogP) is 4.07. The topological polar surface area (TPSA) is 53.6 Å². The summed E-state index contributed by atoms with van der Waals surface area (Å²) in [4.78, 5) is 14.5. The molecular formula is C18H17BrClN3O2S. The van der Waals surface area contributed by atoms with Crippen molar-refractivity contribution in [2.75, 3.05) is 36.5 Å². The molecule has 1 saturated heterocycles. The van der Waals surface area contributed by atoms with Gasteiger partial charge in [-0.25, -0.2) is 0 Å².